The van der Waals surface area contributed by atoms with Crippen LogP contribution in [-0.2, 0) is 9.57 Å². The molecular weight excluding hydrogens is 194 g/mol. The second-order valence-corrected chi connectivity index (χ2v) is 3.78. The van der Waals surface area contributed by atoms with Crippen LogP contribution >= 0.6 is 0 Å². The number of Topliss-reactive ketones (excluding diaryl/α,β-unsaturated/α-hetero) is 1. The molecule has 1 fully saturated rings. The molecule has 15 heavy (non-hydrogen) atoms. The topological polar surface area (TPSA) is 47.6 Å². The molecule has 4 heteroatoms. The number of carbonyl (C=O) groups is 1. The van der Waals surface area contributed by atoms with Crippen LogP contribution in [0.15, 0.2) is 24.3 Å². The molecule has 1 N–H and O–H groups in total. The van der Waals surface area contributed by atoms with E-state index in [0.29, 0.717) is 24.3 Å². The van der Waals surface area contributed by atoms with E-state index in [1.807, 2.05) is 18.2 Å². The van der Waals surface area contributed by atoms with Gasteiger partial charge in [-0.15, -0.1) is 0 Å². The van der Waals surface area contributed by atoms with Gasteiger partial charge in [0.05, 0.1) is 12.3 Å². The van der Waals surface area contributed by atoms with Gasteiger partial charge in [0, 0.05) is 12.0 Å². The molecule has 1 saturated heterocycles. The predicted molar refractivity (Wildman–Crippen MR) is 53.4 cm³/mol. The first kappa shape index (κ1) is 8.88. The Bertz CT molecular complexity index is 410. The van der Waals surface area contributed by atoms with Crippen LogP contribution in [0.5, 0.6) is 0 Å². The van der Waals surface area contributed by atoms with E-state index in [0.717, 1.165) is 6.42 Å². The van der Waals surface area contributed by atoms with Gasteiger partial charge in [0.2, 0.25) is 5.78 Å². The van der Waals surface area contributed by atoms with E-state index in [1.165, 1.54) is 0 Å². The van der Waals surface area contributed by atoms with Gasteiger partial charge < -0.3 is 4.74 Å². The number of hydrogen-bond donors (Lipinski definition) is 1. The van der Waals surface area contributed by atoms with E-state index >= 15 is 0 Å². The standard InChI is InChI=1S/C11H11NO3/c13-10-8-4-1-2-5-9(8)12-15-11(10)6-3-7-14-11/h1-2,4-5,12H,3,6-7H2. The van der Waals surface area contributed by atoms with Gasteiger partial charge in [-0.25, -0.2) is 4.84 Å². The largest absolute Gasteiger partial charge is 0.342 e. The van der Waals surface area contributed by atoms with E-state index in [2.05, 4.69) is 5.48 Å². The molecule has 1 aromatic rings. The van der Waals surface area contributed by atoms with Crippen LogP contribution in [0, 0.1) is 0 Å². The Kier molecular flexibility index (Phi) is 1.81. The highest BCUT2D eigenvalue weighted by Crippen LogP contribution is 2.36. The van der Waals surface area contributed by atoms with Crippen molar-refractivity contribution < 1.29 is 14.4 Å². The summed E-state index contributed by atoms with van der Waals surface area (Å²) in [7, 11) is 0. The summed E-state index contributed by atoms with van der Waals surface area (Å²) in [5.41, 5.74) is 4.14. The number of hydrogen-bond acceptors (Lipinski definition) is 4. The molecule has 1 spiro atoms. The van der Waals surface area contributed by atoms with Crippen molar-refractivity contribution in [3.8, 4) is 0 Å². The molecule has 78 valence electrons. The molecule has 0 radical (unpaired) electrons. The number of anilines is 1. The highest BCUT2D eigenvalue weighted by molar-refractivity contribution is 6.07. The van der Waals surface area contributed by atoms with Crippen molar-refractivity contribution in [1.29, 1.82) is 0 Å². The van der Waals surface area contributed by atoms with Crippen LogP contribution in [0.25, 0.3) is 0 Å². The van der Waals surface area contributed by atoms with E-state index < -0.39 is 5.79 Å². The Morgan fingerprint density at radius 2 is 2.20 bits per heavy atom. The lowest BCUT2D eigenvalue weighted by Gasteiger charge is -2.31. The SMILES string of the molecule is O=C1c2ccccc2NOC12CCCO2. The monoisotopic (exact) mass is 205 g/mol. The minimum atomic E-state index is -1.08. The van der Waals surface area contributed by atoms with Crippen LogP contribution < -0.4 is 5.48 Å². The Balaban J connectivity index is 2.05. The smallest absolute Gasteiger partial charge is 0.257 e. The molecule has 1 unspecified atom stereocenters. The van der Waals surface area contributed by atoms with Crippen molar-refractivity contribution in [3.05, 3.63) is 29.8 Å². The van der Waals surface area contributed by atoms with Gasteiger partial charge in [0.25, 0.3) is 5.79 Å². The summed E-state index contributed by atoms with van der Waals surface area (Å²) in [6, 6.07) is 7.30. The first-order valence-electron chi connectivity index (χ1n) is 5.04. The zero-order valence-corrected chi connectivity index (χ0v) is 8.16. The molecule has 1 atom stereocenters. The Morgan fingerprint density at radius 1 is 1.33 bits per heavy atom. The van der Waals surface area contributed by atoms with Gasteiger partial charge >= 0.3 is 0 Å². The van der Waals surface area contributed by atoms with Crippen molar-refractivity contribution in [2.45, 2.75) is 18.6 Å². The van der Waals surface area contributed by atoms with Gasteiger partial charge in [-0.3, -0.25) is 10.3 Å². The summed E-state index contributed by atoms with van der Waals surface area (Å²) in [5.74, 6) is -1.15. The number of ether oxygens (including phenoxy) is 1. The van der Waals surface area contributed by atoms with Crippen LogP contribution in [0.4, 0.5) is 5.69 Å². The Labute approximate surface area is 87.1 Å². The molecule has 0 bridgehead atoms. The summed E-state index contributed by atoms with van der Waals surface area (Å²) in [4.78, 5) is 17.5. The summed E-state index contributed by atoms with van der Waals surface area (Å²) in [6.45, 7) is 0.579. The number of benzene rings is 1. The van der Waals surface area contributed by atoms with Gasteiger partial charge in [0.15, 0.2) is 0 Å². The van der Waals surface area contributed by atoms with E-state index in [4.69, 9.17) is 9.57 Å². The molecule has 0 aliphatic carbocycles. The lowest BCUT2D eigenvalue weighted by molar-refractivity contribution is -0.159. The van der Waals surface area contributed by atoms with Crippen LogP contribution in [0.1, 0.15) is 23.2 Å². The van der Waals surface area contributed by atoms with E-state index in [9.17, 15) is 4.79 Å². The lowest BCUT2D eigenvalue weighted by Crippen LogP contribution is -2.46. The molecule has 2 aliphatic heterocycles. The minimum absolute atomic E-state index is 0.0747. The number of para-hydroxylation sites is 1. The number of fused-ring (bicyclic) bond motifs is 1. The number of nitrogens with one attached hydrogen (secondary N) is 1. The molecular formula is C11H11NO3. The second kappa shape index (κ2) is 3.05. The molecule has 0 amide bonds. The summed E-state index contributed by atoms with van der Waals surface area (Å²) >= 11 is 0. The van der Waals surface area contributed by atoms with E-state index in [1.54, 1.807) is 6.07 Å². The normalized spacial score (nSPS) is 28.9. The first-order chi connectivity index (χ1) is 7.32. The fourth-order valence-corrected chi connectivity index (χ4v) is 2.03. The van der Waals surface area contributed by atoms with Crippen molar-refractivity contribution in [3.63, 3.8) is 0 Å². The molecule has 0 aromatic heterocycles. The Hall–Kier alpha value is -1.39. The van der Waals surface area contributed by atoms with Crippen molar-refractivity contribution in [1.82, 2.24) is 0 Å². The molecule has 4 nitrogen and oxygen atoms in total. The second-order valence-electron chi connectivity index (χ2n) is 3.78. The minimum Gasteiger partial charge on any atom is -0.342 e. The predicted octanol–water partition coefficient (Wildman–Crippen LogP) is 1.73. The highest BCUT2D eigenvalue weighted by atomic mass is 16.8. The lowest BCUT2D eigenvalue weighted by atomic mass is 9.98. The third kappa shape index (κ3) is 1.19. The maximum atomic E-state index is 12.2. The molecule has 3 rings (SSSR count). The average Bonchev–Trinajstić information content (AvgIpc) is 2.74. The van der Waals surface area contributed by atoms with E-state index in [-0.39, 0.29) is 5.78 Å². The number of ketones is 1. The zero-order chi connectivity index (χ0) is 10.3. The summed E-state index contributed by atoms with van der Waals surface area (Å²) in [6.07, 6.45) is 1.47. The van der Waals surface area contributed by atoms with Crippen molar-refractivity contribution in [2.24, 2.45) is 0 Å². The van der Waals surface area contributed by atoms with Gasteiger partial charge in [-0.05, 0) is 18.6 Å². The maximum absolute atomic E-state index is 12.2. The molecule has 1 aromatic carbocycles. The molecule has 2 heterocycles. The quantitative estimate of drug-likeness (QED) is 0.700. The fraction of sp³-hybridized carbons (Fsp3) is 0.364. The summed E-state index contributed by atoms with van der Waals surface area (Å²) < 4.78 is 5.42. The molecule has 0 saturated carbocycles. The van der Waals surface area contributed by atoms with Gasteiger partial charge in [0.1, 0.15) is 0 Å². The van der Waals surface area contributed by atoms with Crippen molar-refractivity contribution in [2.75, 3.05) is 12.1 Å². The maximum Gasteiger partial charge on any atom is 0.257 e. The Morgan fingerprint density at radius 3 is 3.00 bits per heavy atom. The third-order valence-corrected chi connectivity index (χ3v) is 2.83. The van der Waals surface area contributed by atoms with Crippen LogP contribution in [0.2, 0.25) is 0 Å². The first-order valence-corrected chi connectivity index (χ1v) is 5.04. The summed E-state index contributed by atoms with van der Waals surface area (Å²) in [5, 5.41) is 0. The average molecular weight is 205 g/mol. The zero-order valence-electron chi connectivity index (χ0n) is 8.16. The fourth-order valence-electron chi connectivity index (χ4n) is 2.03. The van der Waals surface area contributed by atoms with Crippen LogP contribution in [-0.4, -0.2) is 18.2 Å². The van der Waals surface area contributed by atoms with Crippen molar-refractivity contribution >= 4 is 11.5 Å². The van der Waals surface area contributed by atoms with Gasteiger partial charge in [-0.2, -0.15) is 0 Å². The number of rotatable bonds is 0. The number of carbonyl (C=O) groups excluding carboxylic acids is 1. The highest BCUT2D eigenvalue weighted by Gasteiger charge is 2.48. The molecule has 2 aliphatic rings. The third-order valence-electron chi connectivity index (χ3n) is 2.83. The van der Waals surface area contributed by atoms with Crippen LogP contribution in [0.3, 0.4) is 0 Å². The van der Waals surface area contributed by atoms with Gasteiger partial charge in [-0.1, -0.05) is 12.1 Å².